The first-order chi connectivity index (χ1) is 8.61. The van der Waals surface area contributed by atoms with Crippen LogP contribution >= 0.6 is 34.9 Å². The molecule has 18 heavy (non-hydrogen) atoms. The van der Waals surface area contributed by atoms with E-state index in [9.17, 15) is 0 Å². The van der Waals surface area contributed by atoms with Crippen LogP contribution in [-0.2, 0) is 6.54 Å². The Morgan fingerprint density at radius 1 is 1.50 bits per heavy atom. The second kappa shape index (κ2) is 5.82. The van der Waals surface area contributed by atoms with Crippen LogP contribution in [0.2, 0.25) is 5.02 Å². The maximum atomic E-state index is 5.98. The van der Waals surface area contributed by atoms with Gasteiger partial charge in [-0.2, -0.15) is 4.37 Å². The largest absolute Gasteiger partial charge is 0.382 e. The molecule has 0 unspecified atom stereocenters. The minimum Gasteiger partial charge on any atom is -0.382 e. The zero-order valence-electron chi connectivity index (χ0n) is 10.2. The Morgan fingerprint density at radius 2 is 2.28 bits per heavy atom. The number of halogens is 1. The first-order valence-electron chi connectivity index (χ1n) is 5.36. The lowest BCUT2D eigenvalue weighted by atomic mass is 10.2. The Balaban J connectivity index is 2.19. The van der Waals surface area contributed by atoms with E-state index in [1.165, 1.54) is 17.1 Å². The average Bonchev–Trinajstić information content (AvgIpc) is 2.70. The molecular weight excluding hydrogens is 286 g/mol. The zero-order chi connectivity index (χ0) is 13.1. The molecule has 1 aromatic carbocycles. The summed E-state index contributed by atoms with van der Waals surface area (Å²) in [6, 6.07) is 7.87. The van der Waals surface area contributed by atoms with Crippen LogP contribution in [0.3, 0.4) is 0 Å². The minimum atomic E-state index is 0.612. The monoisotopic (exact) mass is 299 g/mol. The molecule has 6 heteroatoms. The molecule has 0 aliphatic carbocycles. The molecule has 96 valence electrons. The standard InChI is InChI=1S/C12H14ClN3S2/c1-16(7-8-4-3-5-9(13)6-8)12-10(17-2)11(14)15-18-12/h3-6H,7H2,1-2H3,(H2,14,15). The minimum absolute atomic E-state index is 0.612. The fraction of sp³-hybridized carbons (Fsp3) is 0.250. The summed E-state index contributed by atoms with van der Waals surface area (Å²) in [5, 5.41) is 1.86. The van der Waals surface area contributed by atoms with Gasteiger partial charge in [0.25, 0.3) is 0 Å². The summed E-state index contributed by atoms with van der Waals surface area (Å²) in [5.74, 6) is 0.612. The van der Waals surface area contributed by atoms with Crippen molar-refractivity contribution in [3.8, 4) is 0 Å². The van der Waals surface area contributed by atoms with Gasteiger partial charge in [0, 0.05) is 18.6 Å². The van der Waals surface area contributed by atoms with Gasteiger partial charge in [-0.25, -0.2) is 0 Å². The third-order valence-electron chi connectivity index (χ3n) is 2.52. The molecule has 0 spiro atoms. The number of hydrogen-bond acceptors (Lipinski definition) is 5. The number of benzene rings is 1. The van der Waals surface area contributed by atoms with Gasteiger partial charge in [-0.1, -0.05) is 23.7 Å². The first kappa shape index (κ1) is 13.5. The predicted octanol–water partition coefficient (Wildman–Crippen LogP) is 3.74. The number of nitrogens with zero attached hydrogens (tertiary/aromatic N) is 2. The molecular formula is C12H14ClN3S2. The van der Waals surface area contributed by atoms with Crippen LogP contribution in [0.5, 0.6) is 0 Å². The molecule has 1 heterocycles. The summed E-state index contributed by atoms with van der Waals surface area (Å²) < 4.78 is 4.20. The van der Waals surface area contributed by atoms with Crippen LogP contribution in [0.1, 0.15) is 5.56 Å². The van der Waals surface area contributed by atoms with E-state index < -0.39 is 0 Å². The van der Waals surface area contributed by atoms with Gasteiger partial charge in [0.2, 0.25) is 0 Å². The number of anilines is 2. The van der Waals surface area contributed by atoms with Gasteiger partial charge < -0.3 is 10.6 Å². The molecule has 0 radical (unpaired) electrons. The molecule has 0 aliphatic heterocycles. The summed E-state index contributed by atoms with van der Waals surface area (Å²) in [5.41, 5.74) is 7.01. The van der Waals surface area contributed by atoms with Crippen LogP contribution in [0.4, 0.5) is 10.8 Å². The smallest absolute Gasteiger partial charge is 0.153 e. The third-order valence-corrected chi connectivity index (χ3v) is 4.67. The lowest BCUT2D eigenvalue weighted by Gasteiger charge is -2.18. The normalized spacial score (nSPS) is 10.6. The Bertz CT molecular complexity index is 542. The predicted molar refractivity (Wildman–Crippen MR) is 81.9 cm³/mol. The van der Waals surface area contributed by atoms with E-state index in [0.717, 1.165) is 21.5 Å². The highest BCUT2D eigenvalue weighted by Crippen LogP contribution is 2.37. The van der Waals surface area contributed by atoms with Crippen molar-refractivity contribution >= 4 is 45.7 Å². The van der Waals surface area contributed by atoms with Crippen molar-refractivity contribution in [2.24, 2.45) is 0 Å². The van der Waals surface area contributed by atoms with Gasteiger partial charge in [-0.15, -0.1) is 11.8 Å². The molecule has 1 aromatic heterocycles. The number of nitrogens with two attached hydrogens (primary N) is 1. The van der Waals surface area contributed by atoms with Crippen LogP contribution in [0.25, 0.3) is 0 Å². The third kappa shape index (κ3) is 2.91. The fourth-order valence-corrected chi connectivity index (χ4v) is 3.59. The fourth-order valence-electron chi connectivity index (χ4n) is 1.70. The van der Waals surface area contributed by atoms with Crippen molar-refractivity contribution in [2.45, 2.75) is 11.4 Å². The van der Waals surface area contributed by atoms with Crippen LogP contribution in [0, 0.1) is 0 Å². The Morgan fingerprint density at radius 3 is 2.94 bits per heavy atom. The highest BCUT2D eigenvalue weighted by atomic mass is 35.5. The molecule has 0 aliphatic rings. The van der Waals surface area contributed by atoms with Crippen molar-refractivity contribution in [1.29, 1.82) is 0 Å². The van der Waals surface area contributed by atoms with Gasteiger partial charge in [-0.3, -0.25) is 0 Å². The molecule has 2 rings (SSSR count). The second-order valence-electron chi connectivity index (χ2n) is 3.89. The summed E-state index contributed by atoms with van der Waals surface area (Å²) in [6.45, 7) is 0.787. The van der Waals surface area contributed by atoms with Gasteiger partial charge in [0.05, 0.1) is 4.90 Å². The van der Waals surface area contributed by atoms with Crippen molar-refractivity contribution in [3.63, 3.8) is 0 Å². The van der Waals surface area contributed by atoms with E-state index in [1.54, 1.807) is 11.8 Å². The molecule has 0 saturated heterocycles. The van der Waals surface area contributed by atoms with Crippen LogP contribution < -0.4 is 10.6 Å². The van der Waals surface area contributed by atoms with E-state index in [4.69, 9.17) is 17.3 Å². The van der Waals surface area contributed by atoms with Gasteiger partial charge in [0.1, 0.15) is 5.00 Å². The molecule has 2 aromatic rings. The number of nitrogen functional groups attached to an aromatic ring is 1. The number of rotatable bonds is 4. The quantitative estimate of drug-likeness (QED) is 0.873. The second-order valence-corrected chi connectivity index (χ2v) is 5.90. The van der Waals surface area contributed by atoms with E-state index in [0.29, 0.717) is 5.82 Å². The van der Waals surface area contributed by atoms with Crippen LogP contribution in [-0.4, -0.2) is 17.7 Å². The highest BCUT2D eigenvalue weighted by Gasteiger charge is 2.14. The maximum Gasteiger partial charge on any atom is 0.153 e. The topological polar surface area (TPSA) is 42.1 Å². The van der Waals surface area contributed by atoms with E-state index in [-0.39, 0.29) is 0 Å². The number of aromatic nitrogens is 1. The van der Waals surface area contributed by atoms with E-state index in [2.05, 4.69) is 15.3 Å². The summed E-state index contributed by atoms with van der Waals surface area (Å²) in [4.78, 5) is 3.19. The van der Waals surface area contributed by atoms with Crippen LogP contribution in [0.15, 0.2) is 29.2 Å². The molecule has 0 fully saturated rings. The van der Waals surface area contributed by atoms with Crippen molar-refractivity contribution in [1.82, 2.24) is 4.37 Å². The Labute approximate surface area is 120 Å². The molecule has 0 bridgehead atoms. The lowest BCUT2D eigenvalue weighted by Crippen LogP contribution is -2.15. The molecule has 2 N–H and O–H groups in total. The summed E-state index contributed by atoms with van der Waals surface area (Å²) in [7, 11) is 2.04. The van der Waals surface area contributed by atoms with Crippen molar-refractivity contribution in [3.05, 3.63) is 34.9 Å². The lowest BCUT2D eigenvalue weighted by molar-refractivity contribution is 0.925. The molecule has 0 amide bonds. The summed E-state index contributed by atoms with van der Waals surface area (Å²) >= 11 is 9.04. The van der Waals surface area contributed by atoms with E-state index >= 15 is 0 Å². The molecule has 0 atom stereocenters. The summed E-state index contributed by atoms with van der Waals surface area (Å²) in [6.07, 6.45) is 2.01. The van der Waals surface area contributed by atoms with Crippen molar-refractivity contribution < 1.29 is 0 Å². The molecule has 0 saturated carbocycles. The molecule has 3 nitrogen and oxygen atoms in total. The Kier molecular flexibility index (Phi) is 4.37. The number of hydrogen-bond donors (Lipinski definition) is 1. The van der Waals surface area contributed by atoms with E-state index in [1.807, 2.05) is 31.5 Å². The number of thioether (sulfide) groups is 1. The van der Waals surface area contributed by atoms with Crippen molar-refractivity contribution in [2.75, 3.05) is 23.9 Å². The van der Waals surface area contributed by atoms with Gasteiger partial charge in [0.15, 0.2) is 5.82 Å². The van der Waals surface area contributed by atoms with Gasteiger partial charge >= 0.3 is 0 Å². The maximum absolute atomic E-state index is 5.98. The zero-order valence-corrected chi connectivity index (χ0v) is 12.6. The first-order valence-corrected chi connectivity index (χ1v) is 7.74. The Hall–Kier alpha value is -0.910. The highest BCUT2D eigenvalue weighted by molar-refractivity contribution is 7.99. The van der Waals surface area contributed by atoms with Gasteiger partial charge in [-0.05, 0) is 35.5 Å². The average molecular weight is 300 g/mol. The SMILES string of the molecule is CSc1c(N)nsc1N(C)Cc1cccc(Cl)c1.